The van der Waals surface area contributed by atoms with Gasteiger partial charge in [-0.05, 0) is 11.5 Å². The second-order valence-corrected chi connectivity index (χ2v) is 4.64. The first kappa shape index (κ1) is 13.3. The van der Waals surface area contributed by atoms with E-state index in [1.165, 1.54) is 18.5 Å². The van der Waals surface area contributed by atoms with E-state index in [1.54, 1.807) is 12.1 Å². The van der Waals surface area contributed by atoms with Crippen LogP contribution in [0, 0.1) is 0 Å². The third kappa shape index (κ3) is 2.64. The molecule has 0 atom stereocenters. The Balaban J connectivity index is 2.18. The molecular formula is C15H9ClN2O3. The average Bonchev–Trinajstić information content (AvgIpc) is 2.47. The lowest BCUT2D eigenvalue weighted by Gasteiger charge is -2.11. The summed E-state index contributed by atoms with van der Waals surface area (Å²) in [4.78, 5) is 19.2. The summed E-state index contributed by atoms with van der Waals surface area (Å²) in [5.74, 6) is -0.718. The number of hydrogen-bond donors (Lipinski definition) is 1. The van der Waals surface area contributed by atoms with E-state index < -0.39 is 5.97 Å². The van der Waals surface area contributed by atoms with Crippen LogP contribution in [0.2, 0.25) is 5.15 Å². The van der Waals surface area contributed by atoms with Gasteiger partial charge in [-0.15, -0.1) is 0 Å². The van der Waals surface area contributed by atoms with Crippen molar-refractivity contribution in [3.8, 4) is 11.6 Å². The lowest BCUT2D eigenvalue weighted by molar-refractivity contribution is 0.0694. The molecule has 5 nitrogen and oxygen atoms in total. The van der Waals surface area contributed by atoms with E-state index in [2.05, 4.69) is 9.97 Å². The van der Waals surface area contributed by atoms with E-state index in [9.17, 15) is 9.90 Å². The van der Waals surface area contributed by atoms with E-state index in [1.807, 2.05) is 18.2 Å². The maximum Gasteiger partial charge on any atom is 0.339 e. The van der Waals surface area contributed by atoms with Crippen molar-refractivity contribution in [2.45, 2.75) is 0 Å². The van der Waals surface area contributed by atoms with Crippen LogP contribution in [-0.2, 0) is 0 Å². The van der Waals surface area contributed by atoms with E-state index in [0.29, 0.717) is 5.39 Å². The average molecular weight is 301 g/mol. The van der Waals surface area contributed by atoms with Gasteiger partial charge in [0, 0.05) is 5.39 Å². The molecule has 1 N–H and O–H groups in total. The van der Waals surface area contributed by atoms with Crippen molar-refractivity contribution < 1.29 is 14.6 Å². The molecule has 21 heavy (non-hydrogen) atoms. The molecule has 0 amide bonds. The van der Waals surface area contributed by atoms with Gasteiger partial charge in [0.2, 0.25) is 5.88 Å². The highest BCUT2D eigenvalue weighted by Gasteiger charge is 2.16. The van der Waals surface area contributed by atoms with Crippen LogP contribution in [0.25, 0.3) is 10.8 Å². The van der Waals surface area contributed by atoms with Crippen molar-refractivity contribution in [1.29, 1.82) is 0 Å². The van der Waals surface area contributed by atoms with E-state index in [0.717, 1.165) is 5.39 Å². The number of hydrogen-bond acceptors (Lipinski definition) is 4. The lowest BCUT2D eigenvalue weighted by atomic mass is 10.1. The Labute approximate surface area is 124 Å². The molecule has 104 valence electrons. The van der Waals surface area contributed by atoms with Crippen molar-refractivity contribution in [3.05, 3.63) is 59.5 Å². The van der Waals surface area contributed by atoms with Crippen molar-refractivity contribution >= 4 is 28.3 Å². The largest absolute Gasteiger partial charge is 0.478 e. The zero-order valence-corrected chi connectivity index (χ0v) is 11.4. The Hall–Kier alpha value is -2.66. The third-order valence-corrected chi connectivity index (χ3v) is 3.08. The summed E-state index contributed by atoms with van der Waals surface area (Å²) in [6, 6.07) is 10.6. The summed E-state index contributed by atoms with van der Waals surface area (Å²) in [7, 11) is 0. The third-order valence-electron chi connectivity index (χ3n) is 2.90. The summed E-state index contributed by atoms with van der Waals surface area (Å²) in [5, 5.41) is 11.0. The van der Waals surface area contributed by atoms with Crippen molar-refractivity contribution in [2.75, 3.05) is 0 Å². The predicted octanol–water partition coefficient (Wildman–Crippen LogP) is 3.77. The minimum atomic E-state index is -1.08. The number of ether oxygens (including phenoxy) is 1. The Morgan fingerprint density at radius 2 is 1.95 bits per heavy atom. The van der Waals surface area contributed by atoms with Crippen molar-refractivity contribution in [2.24, 2.45) is 0 Å². The van der Waals surface area contributed by atoms with Crippen molar-refractivity contribution in [3.63, 3.8) is 0 Å². The summed E-state index contributed by atoms with van der Waals surface area (Å²) in [6.45, 7) is 0. The van der Waals surface area contributed by atoms with Gasteiger partial charge in [-0.1, -0.05) is 41.9 Å². The highest BCUT2D eigenvalue weighted by atomic mass is 35.5. The summed E-state index contributed by atoms with van der Waals surface area (Å²) >= 11 is 5.76. The number of nitrogens with zero attached hydrogens (tertiary/aromatic N) is 2. The highest BCUT2D eigenvalue weighted by Crippen LogP contribution is 2.33. The normalized spacial score (nSPS) is 10.5. The number of halogens is 1. The summed E-state index contributed by atoms with van der Waals surface area (Å²) in [5.41, 5.74) is 0.0514. The van der Waals surface area contributed by atoms with Crippen LogP contribution >= 0.6 is 11.6 Å². The first-order valence-electron chi connectivity index (χ1n) is 6.05. The number of carboxylic acids is 1. The molecular weight excluding hydrogens is 292 g/mol. The molecule has 1 heterocycles. The maximum absolute atomic E-state index is 11.4. The molecule has 3 rings (SSSR count). The minimum Gasteiger partial charge on any atom is -0.478 e. The van der Waals surface area contributed by atoms with Gasteiger partial charge in [-0.25, -0.2) is 4.79 Å². The standard InChI is InChI=1S/C15H9ClN2O3/c16-12-7-17-8-13(18-12)21-14-10-4-2-1-3-9(10)5-6-11(14)15(19)20/h1-8H,(H,19,20). The number of fused-ring (bicyclic) bond motifs is 1. The number of rotatable bonds is 3. The number of aromatic nitrogens is 2. The fourth-order valence-electron chi connectivity index (χ4n) is 2.00. The molecule has 1 aromatic heterocycles. The number of benzene rings is 2. The molecule has 6 heteroatoms. The Bertz CT molecular complexity index is 836. The molecule has 0 spiro atoms. The van der Waals surface area contributed by atoms with Gasteiger partial charge >= 0.3 is 5.97 Å². The van der Waals surface area contributed by atoms with Gasteiger partial charge < -0.3 is 9.84 Å². The second-order valence-electron chi connectivity index (χ2n) is 4.25. The van der Waals surface area contributed by atoms with Crippen LogP contribution < -0.4 is 4.74 Å². The minimum absolute atomic E-state index is 0.0514. The molecule has 0 fully saturated rings. The quantitative estimate of drug-likeness (QED) is 0.797. The molecule has 0 saturated carbocycles. The molecule has 0 aliphatic heterocycles. The zero-order chi connectivity index (χ0) is 14.8. The number of carboxylic acid groups (broad SMARTS) is 1. The van der Waals surface area contributed by atoms with Crippen LogP contribution in [0.5, 0.6) is 11.6 Å². The highest BCUT2D eigenvalue weighted by molar-refractivity contribution is 6.29. The van der Waals surface area contributed by atoms with E-state index in [-0.39, 0.29) is 22.3 Å². The Kier molecular flexibility index (Phi) is 3.41. The van der Waals surface area contributed by atoms with Crippen LogP contribution in [0.1, 0.15) is 10.4 Å². The smallest absolute Gasteiger partial charge is 0.339 e. The molecule has 0 saturated heterocycles. The second kappa shape index (κ2) is 5.38. The van der Waals surface area contributed by atoms with Gasteiger partial charge in [0.05, 0.1) is 12.4 Å². The fraction of sp³-hybridized carbons (Fsp3) is 0. The molecule has 3 aromatic rings. The molecule has 2 aromatic carbocycles. The first-order chi connectivity index (χ1) is 10.1. The van der Waals surface area contributed by atoms with Crippen LogP contribution in [0.4, 0.5) is 0 Å². The molecule has 0 aliphatic carbocycles. The monoisotopic (exact) mass is 300 g/mol. The number of aromatic carboxylic acids is 1. The zero-order valence-electron chi connectivity index (χ0n) is 10.7. The predicted molar refractivity (Wildman–Crippen MR) is 78.0 cm³/mol. The molecule has 0 aliphatic rings. The van der Waals surface area contributed by atoms with Gasteiger partial charge in [-0.3, -0.25) is 4.98 Å². The maximum atomic E-state index is 11.4. The van der Waals surface area contributed by atoms with Crippen molar-refractivity contribution in [1.82, 2.24) is 9.97 Å². The first-order valence-corrected chi connectivity index (χ1v) is 6.43. The SMILES string of the molecule is O=C(O)c1ccc2ccccc2c1Oc1cncc(Cl)n1. The van der Waals surface area contributed by atoms with E-state index in [4.69, 9.17) is 16.3 Å². The van der Waals surface area contributed by atoms with Crippen LogP contribution in [0.15, 0.2) is 48.8 Å². The number of carbonyl (C=O) groups is 1. The van der Waals surface area contributed by atoms with Gasteiger partial charge in [0.1, 0.15) is 5.56 Å². The van der Waals surface area contributed by atoms with E-state index >= 15 is 0 Å². The van der Waals surface area contributed by atoms with Gasteiger partial charge in [0.15, 0.2) is 10.9 Å². The van der Waals surface area contributed by atoms with Gasteiger partial charge in [-0.2, -0.15) is 4.98 Å². The molecule has 0 radical (unpaired) electrons. The van der Waals surface area contributed by atoms with Crippen LogP contribution in [0.3, 0.4) is 0 Å². The molecule has 0 unspecified atom stereocenters. The Morgan fingerprint density at radius 1 is 1.14 bits per heavy atom. The van der Waals surface area contributed by atoms with Gasteiger partial charge in [0.25, 0.3) is 0 Å². The van der Waals surface area contributed by atoms with Crippen LogP contribution in [-0.4, -0.2) is 21.0 Å². The fourth-order valence-corrected chi connectivity index (χ4v) is 2.14. The Morgan fingerprint density at radius 3 is 2.71 bits per heavy atom. The lowest BCUT2D eigenvalue weighted by Crippen LogP contribution is -2.01. The summed E-state index contributed by atoms with van der Waals surface area (Å²) < 4.78 is 5.63. The summed E-state index contributed by atoms with van der Waals surface area (Å²) in [6.07, 6.45) is 2.74. The topological polar surface area (TPSA) is 72.3 Å². The molecule has 0 bridgehead atoms.